The molecule has 2 N–H and O–H groups in total. The van der Waals surface area contributed by atoms with E-state index >= 15 is 0 Å². The van der Waals surface area contributed by atoms with Gasteiger partial charge in [0, 0.05) is 17.1 Å². The van der Waals surface area contributed by atoms with Gasteiger partial charge in [0.25, 0.3) is 5.91 Å². The number of halogens is 2. The molecule has 8 heteroatoms. The maximum absolute atomic E-state index is 14.0. The molecular weight excluding hydrogens is 435 g/mol. The van der Waals surface area contributed by atoms with Crippen LogP contribution >= 0.6 is 11.6 Å². The van der Waals surface area contributed by atoms with Gasteiger partial charge in [0.05, 0.1) is 25.0 Å². The van der Waals surface area contributed by atoms with E-state index in [1.54, 1.807) is 18.2 Å². The molecule has 0 radical (unpaired) electrons. The second-order valence-electron chi connectivity index (χ2n) is 6.81. The molecule has 0 fully saturated rings. The molecule has 0 aliphatic heterocycles. The van der Waals surface area contributed by atoms with E-state index in [1.807, 2.05) is 30.3 Å². The van der Waals surface area contributed by atoms with Crippen molar-refractivity contribution in [3.63, 3.8) is 0 Å². The number of carbonyl (C=O) groups excluding carboxylic acids is 2. The van der Waals surface area contributed by atoms with E-state index < -0.39 is 11.7 Å². The average Bonchev–Trinajstić information content (AvgIpc) is 2.77. The van der Waals surface area contributed by atoms with Crippen LogP contribution in [0.2, 0.25) is 5.02 Å². The highest BCUT2D eigenvalue weighted by atomic mass is 35.5. The third-order valence-electron chi connectivity index (χ3n) is 4.47. The van der Waals surface area contributed by atoms with Gasteiger partial charge in [0.15, 0.2) is 0 Å². The first-order valence-electron chi connectivity index (χ1n) is 9.88. The summed E-state index contributed by atoms with van der Waals surface area (Å²) >= 11 is 5.74. The monoisotopic (exact) mass is 456 g/mol. The summed E-state index contributed by atoms with van der Waals surface area (Å²) in [5, 5.41) is 5.57. The maximum atomic E-state index is 14.0. The number of nitrogens with one attached hydrogen (secondary N) is 2. The predicted molar refractivity (Wildman–Crippen MR) is 122 cm³/mol. The highest BCUT2D eigenvalue weighted by Crippen LogP contribution is 2.29. The number of methoxy groups -OCH3 is 1. The molecule has 0 aliphatic rings. The lowest BCUT2D eigenvalue weighted by Crippen LogP contribution is -2.16. The number of hydrogen-bond acceptors (Lipinski definition) is 4. The fourth-order valence-electron chi connectivity index (χ4n) is 2.91. The number of para-hydroxylation sites is 1. The van der Waals surface area contributed by atoms with Crippen molar-refractivity contribution in [1.29, 1.82) is 0 Å². The number of ether oxygens (including phenoxy) is 2. The summed E-state index contributed by atoms with van der Waals surface area (Å²) in [4.78, 5) is 24.8. The van der Waals surface area contributed by atoms with Gasteiger partial charge < -0.3 is 20.1 Å². The van der Waals surface area contributed by atoms with Crippen LogP contribution in [-0.4, -0.2) is 25.5 Å². The Bertz CT molecular complexity index is 1090. The average molecular weight is 457 g/mol. The van der Waals surface area contributed by atoms with Crippen LogP contribution in [0.3, 0.4) is 0 Å². The summed E-state index contributed by atoms with van der Waals surface area (Å²) in [7, 11) is 1.44. The highest BCUT2D eigenvalue weighted by molar-refractivity contribution is 6.30. The first-order chi connectivity index (χ1) is 15.5. The third kappa shape index (κ3) is 6.46. The van der Waals surface area contributed by atoms with Crippen molar-refractivity contribution in [3.8, 4) is 11.5 Å². The Morgan fingerprint density at radius 3 is 2.50 bits per heavy atom. The van der Waals surface area contributed by atoms with Crippen LogP contribution in [0.5, 0.6) is 11.5 Å². The van der Waals surface area contributed by atoms with Gasteiger partial charge in [-0.2, -0.15) is 0 Å². The van der Waals surface area contributed by atoms with Crippen molar-refractivity contribution in [2.24, 2.45) is 0 Å². The summed E-state index contributed by atoms with van der Waals surface area (Å²) in [6, 6.07) is 17.9. The van der Waals surface area contributed by atoms with Crippen LogP contribution in [0.25, 0.3) is 0 Å². The predicted octanol–water partition coefficient (Wildman–Crippen LogP) is 5.54. The van der Waals surface area contributed by atoms with Crippen LogP contribution in [0, 0.1) is 5.82 Å². The van der Waals surface area contributed by atoms with E-state index in [0.717, 1.165) is 11.8 Å². The van der Waals surface area contributed by atoms with E-state index in [9.17, 15) is 14.0 Å². The van der Waals surface area contributed by atoms with Crippen molar-refractivity contribution >= 4 is 34.8 Å². The Labute approximate surface area is 190 Å². The summed E-state index contributed by atoms with van der Waals surface area (Å²) < 4.78 is 24.9. The van der Waals surface area contributed by atoms with Gasteiger partial charge in [-0.3, -0.25) is 9.59 Å². The fourth-order valence-corrected chi connectivity index (χ4v) is 3.07. The maximum Gasteiger partial charge on any atom is 0.258 e. The van der Waals surface area contributed by atoms with Gasteiger partial charge in [-0.25, -0.2) is 4.39 Å². The minimum atomic E-state index is -0.740. The zero-order valence-corrected chi connectivity index (χ0v) is 18.1. The summed E-state index contributed by atoms with van der Waals surface area (Å²) in [5.41, 5.74) is 0.591. The van der Waals surface area contributed by atoms with E-state index in [4.69, 9.17) is 21.1 Å². The van der Waals surface area contributed by atoms with Crippen LogP contribution in [-0.2, 0) is 4.79 Å². The Kier molecular flexibility index (Phi) is 8.05. The van der Waals surface area contributed by atoms with Crippen LogP contribution in [0.4, 0.5) is 15.8 Å². The molecule has 166 valence electrons. The first-order valence-corrected chi connectivity index (χ1v) is 10.3. The number of anilines is 2. The standard InChI is InChI=1S/C24H22ClFN2O4/c1-31-22-12-10-17(27-23(29)8-5-13-32-18-6-3-2-4-7-18)15-21(22)28-24(30)19-11-9-16(25)14-20(19)26/h2-4,6-7,9-12,14-15H,5,8,13H2,1H3,(H,27,29)(H,28,30). The third-order valence-corrected chi connectivity index (χ3v) is 4.70. The molecule has 0 atom stereocenters. The van der Waals surface area contributed by atoms with Crippen molar-refractivity contribution in [2.45, 2.75) is 12.8 Å². The number of amides is 2. The van der Waals surface area contributed by atoms with E-state index in [2.05, 4.69) is 10.6 Å². The van der Waals surface area contributed by atoms with Crippen LogP contribution in [0.15, 0.2) is 66.7 Å². The molecule has 3 aromatic carbocycles. The van der Waals surface area contributed by atoms with Gasteiger partial charge >= 0.3 is 0 Å². The lowest BCUT2D eigenvalue weighted by atomic mass is 10.2. The molecule has 0 spiro atoms. The van der Waals surface area contributed by atoms with Gasteiger partial charge in [-0.1, -0.05) is 29.8 Å². The normalized spacial score (nSPS) is 10.3. The second kappa shape index (κ2) is 11.2. The van der Waals surface area contributed by atoms with Crippen LogP contribution in [0.1, 0.15) is 23.2 Å². The molecule has 6 nitrogen and oxygen atoms in total. The molecule has 0 bridgehead atoms. The van der Waals surface area contributed by atoms with E-state index in [1.165, 1.54) is 19.2 Å². The largest absolute Gasteiger partial charge is 0.495 e. The molecule has 0 saturated carbocycles. The Hall–Kier alpha value is -3.58. The summed E-state index contributed by atoms with van der Waals surface area (Å²) in [5.74, 6) is -0.495. The highest BCUT2D eigenvalue weighted by Gasteiger charge is 2.15. The topological polar surface area (TPSA) is 76.7 Å². The molecule has 0 saturated heterocycles. The molecule has 32 heavy (non-hydrogen) atoms. The van der Waals surface area contributed by atoms with Crippen molar-refractivity contribution < 1.29 is 23.5 Å². The van der Waals surface area contributed by atoms with Gasteiger partial charge in [0.2, 0.25) is 5.91 Å². The lowest BCUT2D eigenvalue weighted by Gasteiger charge is -2.13. The smallest absolute Gasteiger partial charge is 0.258 e. The molecule has 2 amide bonds. The van der Waals surface area contributed by atoms with Gasteiger partial charge in [0.1, 0.15) is 17.3 Å². The molecular formula is C24H22ClFN2O4. The lowest BCUT2D eigenvalue weighted by molar-refractivity contribution is -0.116. The SMILES string of the molecule is COc1ccc(NC(=O)CCCOc2ccccc2)cc1NC(=O)c1ccc(Cl)cc1F. The Morgan fingerprint density at radius 2 is 1.78 bits per heavy atom. The first kappa shape index (κ1) is 23.1. The number of carbonyl (C=O) groups is 2. The summed E-state index contributed by atoms with van der Waals surface area (Å²) in [6.45, 7) is 0.411. The minimum Gasteiger partial charge on any atom is -0.495 e. The van der Waals surface area contributed by atoms with Crippen molar-refractivity contribution in [1.82, 2.24) is 0 Å². The van der Waals surface area contributed by atoms with Crippen LogP contribution < -0.4 is 20.1 Å². The van der Waals surface area contributed by atoms with Crippen molar-refractivity contribution in [3.05, 3.63) is 83.1 Å². The zero-order valence-electron chi connectivity index (χ0n) is 17.4. The molecule has 3 rings (SSSR count). The Balaban J connectivity index is 1.58. The summed E-state index contributed by atoms with van der Waals surface area (Å²) in [6.07, 6.45) is 0.798. The molecule has 0 unspecified atom stereocenters. The minimum absolute atomic E-state index is 0.163. The molecule has 0 aliphatic carbocycles. The second-order valence-corrected chi connectivity index (χ2v) is 7.24. The number of benzene rings is 3. The molecule has 0 heterocycles. The van der Waals surface area contributed by atoms with Gasteiger partial charge in [-0.15, -0.1) is 0 Å². The van der Waals surface area contributed by atoms with Crippen molar-refractivity contribution in [2.75, 3.05) is 24.4 Å². The molecule has 3 aromatic rings. The van der Waals surface area contributed by atoms with Gasteiger partial charge in [-0.05, 0) is 55.0 Å². The van der Waals surface area contributed by atoms with E-state index in [-0.39, 0.29) is 28.6 Å². The fraction of sp³-hybridized carbons (Fsp3) is 0.167. The molecule has 0 aromatic heterocycles. The quantitative estimate of drug-likeness (QED) is 0.414. The zero-order chi connectivity index (χ0) is 22.9. The number of rotatable bonds is 9. The number of hydrogen-bond donors (Lipinski definition) is 2. The Morgan fingerprint density at radius 1 is 1.00 bits per heavy atom. The van der Waals surface area contributed by atoms with E-state index in [0.29, 0.717) is 24.5 Å².